The predicted molar refractivity (Wildman–Crippen MR) is 79.1 cm³/mol. The highest BCUT2D eigenvalue weighted by Gasteiger charge is 2.44. The molecule has 0 aromatic heterocycles. The van der Waals surface area contributed by atoms with Crippen LogP contribution in [0.2, 0.25) is 5.82 Å². The predicted octanol–water partition coefficient (Wildman–Crippen LogP) is 1.69. The Bertz CT molecular complexity index is 296. The molecule has 3 rings (SSSR count). The highest BCUT2D eigenvalue weighted by molar-refractivity contribution is 6.11. The lowest BCUT2D eigenvalue weighted by molar-refractivity contribution is 0.134. The molecule has 0 spiro atoms. The zero-order valence-electron chi connectivity index (χ0n) is 11.9. The summed E-state index contributed by atoms with van der Waals surface area (Å²) in [5.74, 6) is 4.36. The van der Waals surface area contributed by atoms with Crippen LogP contribution < -0.4 is 11.5 Å². The van der Waals surface area contributed by atoms with Crippen molar-refractivity contribution in [2.24, 2.45) is 35.1 Å². The van der Waals surface area contributed by atoms with Gasteiger partial charge in [-0.05, 0) is 49.4 Å². The van der Waals surface area contributed by atoms with Crippen molar-refractivity contribution in [3.05, 3.63) is 0 Å². The molecule has 3 fully saturated rings. The Kier molecular flexibility index (Phi) is 3.73. The maximum absolute atomic E-state index is 6.52. The van der Waals surface area contributed by atoms with E-state index in [1.165, 1.54) is 51.4 Å². The summed E-state index contributed by atoms with van der Waals surface area (Å²) in [6.07, 6.45) is 11.1. The van der Waals surface area contributed by atoms with Gasteiger partial charge in [-0.1, -0.05) is 31.5 Å². The Balaban J connectivity index is 1.55. The fraction of sp³-hybridized carbons (Fsp3) is 1.00. The van der Waals surface area contributed by atoms with Crippen molar-refractivity contribution in [2.75, 3.05) is 0 Å². The van der Waals surface area contributed by atoms with Crippen LogP contribution in [0.15, 0.2) is 0 Å². The van der Waals surface area contributed by atoms with Gasteiger partial charge in [0.15, 0.2) is 0 Å². The lowest BCUT2D eigenvalue weighted by atomic mass is 9.63. The van der Waals surface area contributed by atoms with Crippen molar-refractivity contribution in [1.29, 1.82) is 0 Å². The second-order valence-electron chi connectivity index (χ2n) is 7.50. The minimum absolute atomic E-state index is 0.465. The van der Waals surface area contributed by atoms with E-state index in [4.69, 9.17) is 11.5 Å². The minimum Gasteiger partial charge on any atom is -0.327 e. The maximum Gasteiger partial charge on any atom is 0.105 e. The van der Waals surface area contributed by atoms with E-state index in [0.29, 0.717) is 12.1 Å². The average Bonchev–Trinajstić information content (AvgIpc) is 3.06. The lowest BCUT2D eigenvalue weighted by Gasteiger charge is -2.41. The SMILES string of the molecule is BC1CCCC(C2CCC(C3CC3N)CC2N)C1. The molecule has 3 saturated carbocycles. The molecule has 0 radical (unpaired) electrons. The fourth-order valence-corrected chi connectivity index (χ4v) is 4.88. The van der Waals surface area contributed by atoms with E-state index in [1.54, 1.807) is 0 Å². The molecular formula is C15H29BN2. The second-order valence-corrected chi connectivity index (χ2v) is 7.50. The molecule has 0 saturated heterocycles. The Hall–Kier alpha value is -0.0151. The van der Waals surface area contributed by atoms with Gasteiger partial charge in [0.25, 0.3) is 0 Å². The number of hydrogen-bond donors (Lipinski definition) is 2. The molecular weight excluding hydrogens is 219 g/mol. The summed E-state index contributed by atoms with van der Waals surface area (Å²) in [7, 11) is 2.42. The average molecular weight is 248 g/mol. The van der Waals surface area contributed by atoms with Crippen molar-refractivity contribution in [3.8, 4) is 0 Å². The standard InChI is InChI=1S/C15H29BN2/c16-11-3-1-2-9(6-11)12-5-4-10(7-14(12)17)13-8-15(13)18/h9-15H,1-8,16-18H2. The van der Waals surface area contributed by atoms with Gasteiger partial charge in [-0.2, -0.15) is 0 Å². The van der Waals surface area contributed by atoms with Gasteiger partial charge >= 0.3 is 0 Å². The zero-order valence-corrected chi connectivity index (χ0v) is 11.9. The lowest BCUT2D eigenvalue weighted by Crippen LogP contribution is -2.42. The highest BCUT2D eigenvalue weighted by Crippen LogP contribution is 2.47. The van der Waals surface area contributed by atoms with Crippen LogP contribution in [0.1, 0.15) is 51.4 Å². The molecule has 4 N–H and O–H groups in total. The first kappa shape index (κ1) is 13.0. The molecule has 3 aliphatic carbocycles. The molecule has 0 heterocycles. The van der Waals surface area contributed by atoms with E-state index in [9.17, 15) is 0 Å². The Morgan fingerprint density at radius 3 is 2.06 bits per heavy atom. The molecule has 0 aliphatic heterocycles. The normalized spacial score (nSPS) is 53.1. The molecule has 7 unspecified atom stereocenters. The summed E-state index contributed by atoms with van der Waals surface area (Å²) in [5, 5.41) is 0. The number of nitrogens with two attached hydrogens (primary N) is 2. The third-order valence-electron chi connectivity index (χ3n) is 6.07. The maximum atomic E-state index is 6.52. The van der Waals surface area contributed by atoms with E-state index in [-0.39, 0.29) is 0 Å². The molecule has 0 amide bonds. The first-order valence-electron chi connectivity index (χ1n) is 8.16. The quantitative estimate of drug-likeness (QED) is 0.731. The summed E-state index contributed by atoms with van der Waals surface area (Å²) < 4.78 is 0. The monoisotopic (exact) mass is 248 g/mol. The summed E-state index contributed by atoms with van der Waals surface area (Å²) in [4.78, 5) is 0. The smallest absolute Gasteiger partial charge is 0.105 e. The van der Waals surface area contributed by atoms with Crippen molar-refractivity contribution < 1.29 is 0 Å². The number of rotatable bonds is 2. The van der Waals surface area contributed by atoms with E-state index in [0.717, 1.165) is 29.5 Å². The van der Waals surface area contributed by atoms with Gasteiger partial charge in [-0.25, -0.2) is 0 Å². The first-order chi connectivity index (χ1) is 8.65. The molecule has 18 heavy (non-hydrogen) atoms. The minimum atomic E-state index is 0.465. The van der Waals surface area contributed by atoms with E-state index in [2.05, 4.69) is 7.85 Å². The molecule has 7 atom stereocenters. The van der Waals surface area contributed by atoms with Crippen molar-refractivity contribution in [3.63, 3.8) is 0 Å². The van der Waals surface area contributed by atoms with Crippen LogP contribution in [-0.4, -0.2) is 19.9 Å². The molecule has 0 bridgehead atoms. The van der Waals surface area contributed by atoms with Gasteiger partial charge in [0.2, 0.25) is 0 Å². The summed E-state index contributed by atoms with van der Waals surface area (Å²) in [6.45, 7) is 0. The van der Waals surface area contributed by atoms with Gasteiger partial charge in [0.1, 0.15) is 7.85 Å². The van der Waals surface area contributed by atoms with E-state index in [1.807, 2.05) is 0 Å². The van der Waals surface area contributed by atoms with Crippen molar-refractivity contribution >= 4 is 7.85 Å². The zero-order chi connectivity index (χ0) is 12.7. The Labute approximate surface area is 113 Å². The largest absolute Gasteiger partial charge is 0.327 e. The first-order valence-corrected chi connectivity index (χ1v) is 8.16. The molecule has 0 aromatic carbocycles. The summed E-state index contributed by atoms with van der Waals surface area (Å²) in [5.41, 5.74) is 12.5. The van der Waals surface area contributed by atoms with Crippen LogP contribution in [0.3, 0.4) is 0 Å². The summed E-state index contributed by atoms with van der Waals surface area (Å²) in [6, 6.07) is 0.973. The second kappa shape index (κ2) is 5.17. The van der Waals surface area contributed by atoms with Gasteiger partial charge in [0.05, 0.1) is 0 Å². The summed E-state index contributed by atoms with van der Waals surface area (Å²) >= 11 is 0. The fourth-order valence-electron chi connectivity index (χ4n) is 4.88. The molecule has 3 heteroatoms. The Morgan fingerprint density at radius 1 is 0.722 bits per heavy atom. The van der Waals surface area contributed by atoms with Gasteiger partial charge < -0.3 is 11.5 Å². The number of hydrogen-bond acceptors (Lipinski definition) is 2. The third kappa shape index (κ3) is 2.62. The molecule has 102 valence electrons. The Morgan fingerprint density at radius 2 is 1.44 bits per heavy atom. The van der Waals surface area contributed by atoms with Crippen LogP contribution in [-0.2, 0) is 0 Å². The topological polar surface area (TPSA) is 52.0 Å². The van der Waals surface area contributed by atoms with Crippen molar-refractivity contribution in [1.82, 2.24) is 0 Å². The van der Waals surface area contributed by atoms with Crippen molar-refractivity contribution in [2.45, 2.75) is 69.3 Å². The van der Waals surface area contributed by atoms with Gasteiger partial charge in [-0.3, -0.25) is 0 Å². The van der Waals surface area contributed by atoms with Crippen LogP contribution in [0.4, 0.5) is 0 Å². The van der Waals surface area contributed by atoms with Crippen LogP contribution in [0, 0.1) is 23.7 Å². The molecule has 0 aromatic rings. The molecule has 3 aliphatic rings. The van der Waals surface area contributed by atoms with Gasteiger partial charge in [-0.15, -0.1) is 0 Å². The van der Waals surface area contributed by atoms with E-state index >= 15 is 0 Å². The van der Waals surface area contributed by atoms with Crippen LogP contribution >= 0.6 is 0 Å². The molecule has 2 nitrogen and oxygen atoms in total. The van der Waals surface area contributed by atoms with E-state index < -0.39 is 0 Å². The highest BCUT2D eigenvalue weighted by atomic mass is 14.8. The van der Waals surface area contributed by atoms with Gasteiger partial charge in [0, 0.05) is 12.1 Å². The van der Waals surface area contributed by atoms with Crippen LogP contribution in [0.25, 0.3) is 0 Å². The third-order valence-corrected chi connectivity index (χ3v) is 6.07. The van der Waals surface area contributed by atoms with Crippen LogP contribution in [0.5, 0.6) is 0 Å².